The van der Waals surface area contributed by atoms with E-state index in [0.717, 1.165) is 0 Å². The van der Waals surface area contributed by atoms with Gasteiger partial charge in [-0.15, -0.1) is 0 Å². The van der Waals surface area contributed by atoms with Crippen LogP contribution in [0.4, 0.5) is 5.82 Å². The molecular weight excluding hydrogens is 420 g/mol. The van der Waals surface area contributed by atoms with Crippen LogP contribution in [-0.2, 0) is 4.79 Å². The first-order chi connectivity index (χ1) is 16.0. The average molecular weight is 442 g/mol. The highest BCUT2D eigenvalue weighted by molar-refractivity contribution is 5.96. The number of ether oxygens (including phenoxy) is 2. The van der Waals surface area contributed by atoms with Crippen LogP contribution >= 0.6 is 0 Å². The molecule has 1 aromatic carbocycles. The van der Waals surface area contributed by atoms with E-state index in [1.807, 2.05) is 0 Å². The molecule has 1 fully saturated rings. The van der Waals surface area contributed by atoms with Gasteiger partial charge in [0.25, 0.3) is 0 Å². The van der Waals surface area contributed by atoms with E-state index in [2.05, 4.69) is 29.5 Å². The van der Waals surface area contributed by atoms with Gasteiger partial charge in [-0.05, 0) is 30.6 Å². The monoisotopic (exact) mass is 442 g/mol. The zero-order valence-electron chi connectivity index (χ0n) is 18.3. The van der Waals surface area contributed by atoms with Gasteiger partial charge < -0.3 is 20.1 Å². The lowest BCUT2D eigenvalue weighted by atomic mass is 10.1. The molecule has 1 saturated heterocycles. The van der Waals surface area contributed by atoms with Gasteiger partial charge in [0.1, 0.15) is 29.1 Å². The Bertz CT molecular complexity index is 1340. The Kier molecular flexibility index (Phi) is 5.88. The van der Waals surface area contributed by atoms with Crippen molar-refractivity contribution in [3.8, 4) is 29.4 Å². The lowest BCUT2D eigenvalue weighted by molar-refractivity contribution is -0.125. The summed E-state index contributed by atoms with van der Waals surface area (Å²) in [5.41, 5.74) is 8.17. The van der Waals surface area contributed by atoms with Crippen LogP contribution in [0, 0.1) is 23.2 Å². The summed E-state index contributed by atoms with van der Waals surface area (Å²) in [4.78, 5) is 17.9. The number of nitriles is 1. The number of rotatable bonds is 4. The minimum absolute atomic E-state index is 0.127. The first-order valence-corrected chi connectivity index (χ1v) is 10.2. The molecule has 3 heterocycles. The second kappa shape index (κ2) is 8.93. The maximum atomic E-state index is 12.1. The number of pyridine rings is 1. The fraction of sp³-hybridized carbons (Fsp3) is 0.250. The van der Waals surface area contributed by atoms with Crippen molar-refractivity contribution in [1.29, 1.82) is 5.26 Å². The van der Waals surface area contributed by atoms with Gasteiger partial charge in [-0.25, -0.2) is 4.98 Å². The second-order valence-corrected chi connectivity index (χ2v) is 7.47. The highest BCUT2D eigenvalue weighted by atomic mass is 16.5. The van der Waals surface area contributed by atoms with Gasteiger partial charge in [0.05, 0.1) is 36.7 Å². The quantitative estimate of drug-likeness (QED) is 0.486. The fourth-order valence-electron chi connectivity index (χ4n) is 3.91. The second-order valence-electron chi connectivity index (χ2n) is 7.47. The van der Waals surface area contributed by atoms with Crippen LogP contribution in [0.15, 0.2) is 37.1 Å². The number of nitrogen functional groups attached to an aromatic ring is 1. The molecule has 0 radical (unpaired) electrons. The van der Waals surface area contributed by atoms with Crippen molar-refractivity contribution in [2.75, 3.05) is 33.0 Å². The number of amides is 1. The van der Waals surface area contributed by atoms with E-state index in [0.29, 0.717) is 58.7 Å². The number of hydrogen-bond acceptors (Lipinski definition) is 7. The van der Waals surface area contributed by atoms with Gasteiger partial charge in [0.15, 0.2) is 0 Å². The van der Waals surface area contributed by atoms with Crippen LogP contribution in [0.5, 0.6) is 11.5 Å². The molecule has 0 aliphatic carbocycles. The molecule has 3 aromatic rings. The SMILES string of the molecule is C=CC(=O)N1CC[C@H](n2nc(C#Cc3cc(OC)cc(OC)c3)c3c(N)ncc(C#N)c32)C1. The number of benzene rings is 1. The third kappa shape index (κ3) is 4.04. The largest absolute Gasteiger partial charge is 0.497 e. The molecule has 33 heavy (non-hydrogen) atoms. The number of nitrogens with zero attached hydrogens (tertiary/aromatic N) is 5. The lowest BCUT2D eigenvalue weighted by Gasteiger charge is -2.15. The molecule has 1 amide bonds. The molecule has 0 bridgehead atoms. The van der Waals surface area contributed by atoms with E-state index >= 15 is 0 Å². The zero-order chi connectivity index (χ0) is 23.5. The zero-order valence-corrected chi connectivity index (χ0v) is 18.3. The van der Waals surface area contributed by atoms with Gasteiger partial charge in [-0.2, -0.15) is 10.4 Å². The third-order valence-corrected chi connectivity index (χ3v) is 5.55. The van der Waals surface area contributed by atoms with Gasteiger partial charge in [-0.1, -0.05) is 12.5 Å². The Hall–Kier alpha value is -4.50. The number of nitrogens with two attached hydrogens (primary N) is 1. The van der Waals surface area contributed by atoms with Gasteiger partial charge in [-0.3, -0.25) is 9.48 Å². The first kappa shape index (κ1) is 21.7. The normalized spacial score (nSPS) is 14.9. The summed E-state index contributed by atoms with van der Waals surface area (Å²) >= 11 is 0. The van der Waals surface area contributed by atoms with E-state index in [4.69, 9.17) is 20.3 Å². The molecule has 2 N–H and O–H groups in total. The summed E-state index contributed by atoms with van der Waals surface area (Å²) in [7, 11) is 3.14. The maximum Gasteiger partial charge on any atom is 0.246 e. The van der Waals surface area contributed by atoms with E-state index in [1.54, 1.807) is 42.0 Å². The number of hydrogen-bond donors (Lipinski definition) is 1. The fourth-order valence-corrected chi connectivity index (χ4v) is 3.91. The highest BCUT2D eigenvalue weighted by Gasteiger charge is 2.30. The van der Waals surface area contributed by atoms with E-state index in [1.165, 1.54) is 12.3 Å². The minimum atomic E-state index is -0.136. The van der Waals surface area contributed by atoms with Crippen molar-refractivity contribution < 1.29 is 14.3 Å². The summed E-state index contributed by atoms with van der Waals surface area (Å²) in [6.45, 7) is 4.58. The van der Waals surface area contributed by atoms with Crippen LogP contribution in [0.2, 0.25) is 0 Å². The minimum Gasteiger partial charge on any atom is -0.497 e. The third-order valence-electron chi connectivity index (χ3n) is 5.55. The molecule has 2 aromatic heterocycles. The number of carbonyl (C=O) groups is 1. The number of aromatic nitrogens is 3. The molecule has 1 atom stereocenters. The summed E-state index contributed by atoms with van der Waals surface area (Å²) in [5, 5.41) is 14.9. The number of anilines is 1. The predicted molar refractivity (Wildman–Crippen MR) is 123 cm³/mol. The summed E-state index contributed by atoms with van der Waals surface area (Å²) in [6.07, 6.45) is 3.41. The number of methoxy groups -OCH3 is 2. The molecule has 1 aliphatic heterocycles. The van der Waals surface area contributed by atoms with Gasteiger partial charge in [0, 0.05) is 30.9 Å². The van der Waals surface area contributed by atoms with Crippen LogP contribution in [0.1, 0.15) is 29.3 Å². The predicted octanol–water partition coefficient (Wildman–Crippen LogP) is 2.26. The summed E-state index contributed by atoms with van der Waals surface area (Å²) in [5.74, 6) is 7.47. The van der Waals surface area contributed by atoms with Gasteiger partial charge in [0.2, 0.25) is 5.91 Å². The molecule has 0 saturated carbocycles. The molecule has 9 nitrogen and oxygen atoms in total. The smallest absolute Gasteiger partial charge is 0.246 e. The van der Waals surface area contributed by atoms with Crippen LogP contribution in [-0.4, -0.2) is 52.9 Å². The molecular formula is C24H22N6O3. The Morgan fingerprint density at radius 2 is 2.00 bits per heavy atom. The van der Waals surface area contributed by atoms with Crippen molar-refractivity contribution in [1.82, 2.24) is 19.7 Å². The molecule has 166 valence electrons. The van der Waals surface area contributed by atoms with E-state index in [9.17, 15) is 10.1 Å². The van der Waals surface area contributed by atoms with E-state index < -0.39 is 0 Å². The number of likely N-dealkylation sites (tertiary alicyclic amines) is 1. The van der Waals surface area contributed by atoms with E-state index in [-0.39, 0.29) is 17.8 Å². The van der Waals surface area contributed by atoms with Gasteiger partial charge >= 0.3 is 0 Å². The van der Waals surface area contributed by atoms with Crippen LogP contribution in [0.3, 0.4) is 0 Å². The summed E-state index contributed by atoms with van der Waals surface area (Å²) in [6, 6.07) is 7.37. The number of carbonyl (C=O) groups excluding carboxylic acids is 1. The Labute approximate surface area is 191 Å². The summed E-state index contributed by atoms with van der Waals surface area (Å²) < 4.78 is 12.4. The number of fused-ring (bicyclic) bond motifs is 1. The highest BCUT2D eigenvalue weighted by Crippen LogP contribution is 2.32. The van der Waals surface area contributed by atoms with Crippen molar-refractivity contribution >= 4 is 22.6 Å². The van der Waals surface area contributed by atoms with Crippen molar-refractivity contribution in [3.05, 3.63) is 53.9 Å². The topological polar surface area (TPSA) is 119 Å². The van der Waals surface area contributed by atoms with Crippen LogP contribution < -0.4 is 15.2 Å². The average Bonchev–Trinajstić information content (AvgIpc) is 3.48. The van der Waals surface area contributed by atoms with Crippen molar-refractivity contribution in [3.63, 3.8) is 0 Å². The van der Waals surface area contributed by atoms with Crippen molar-refractivity contribution in [2.45, 2.75) is 12.5 Å². The molecule has 1 aliphatic rings. The standard InChI is InChI=1S/C24H22N6O3/c1-4-21(31)29-8-7-17(14-29)30-23-16(12-25)13-27-24(26)22(23)20(28-30)6-5-15-9-18(32-2)11-19(10-15)33-3/h4,9-11,13,17H,1,7-8,14H2,2-3H3,(H2,26,27)/t17-/m0/s1. The van der Waals surface area contributed by atoms with Crippen molar-refractivity contribution in [2.24, 2.45) is 0 Å². The molecule has 0 unspecified atom stereocenters. The lowest BCUT2D eigenvalue weighted by Crippen LogP contribution is -2.27. The Morgan fingerprint density at radius 1 is 1.27 bits per heavy atom. The maximum absolute atomic E-state index is 12.1. The molecule has 0 spiro atoms. The van der Waals surface area contributed by atoms with Crippen LogP contribution in [0.25, 0.3) is 10.9 Å². The Morgan fingerprint density at radius 3 is 2.64 bits per heavy atom. The Balaban J connectivity index is 1.83. The molecule has 9 heteroatoms. The first-order valence-electron chi connectivity index (χ1n) is 10.2. The molecule has 4 rings (SSSR count).